The maximum atomic E-state index is 6.65. The second kappa shape index (κ2) is 7.51. The molecule has 4 rings (SSSR count). The zero-order valence-corrected chi connectivity index (χ0v) is 19.9. The van der Waals surface area contributed by atoms with Crippen LogP contribution in [0.25, 0.3) is 28.0 Å². The number of halogens is 2. The Balaban J connectivity index is 1.92. The van der Waals surface area contributed by atoms with Gasteiger partial charge in [0.15, 0.2) is 0 Å². The van der Waals surface area contributed by atoms with Crippen LogP contribution in [0.4, 0.5) is 0 Å². The van der Waals surface area contributed by atoms with Crippen LogP contribution in [0.1, 0.15) is 41.9 Å². The molecular formula is C24H23Cl2Zr. The maximum absolute atomic E-state index is 6.65. The molecule has 27 heavy (non-hydrogen) atoms. The van der Waals surface area contributed by atoms with E-state index in [-0.39, 0.29) is 9.04 Å². The van der Waals surface area contributed by atoms with E-state index in [1.54, 1.807) is 0 Å². The molecule has 0 bridgehead atoms. The van der Waals surface area contributed by atoms with E-state index in [4.69, 9.17) is 17.0 Å². The predicted octanol–water partition coefficient (Wildman–Crippen LogP) is 8.31. The molecule has 1 unspecified atom stereocenters. The van der Waals surface area contributed by atoms with E-state index in [1.807, 2.05) is 0 Å². The normalized spacial score (nSPS) is 16.3. The van der Waals surface area contributed by atoms with Gasteiger partial charge in [0.2, 0.25) is 0 Å². The van der Waals surface area contributed by atoms with Crippen LogP contribution in [0.15, 0.2) is 66.2 Å². The summed E-state index contributed by atoms with van der Waals surface area (Å²) in [5, 5.41) is 2.56. The van der Waals surface area contributed by atoms with Crippen molar-refractivity contribution in [1.82, 2.24) is 0 Å². The molecule has 3 heteroatoms. The molecule has 0 radical (unpaired) electrons. The number of benzene rings is 3. The number of hydrogen-bond acceptors (Lipinski definition) is 0. The van der Waals surface area contributed by atoms with Gasteiger partial charge in [-0.25, -0.2) is 0 Å². The van der Waals surface area contributed by atoms with Gasteiger partial charge in [0.05, 0.1) is 0 Å². The van der Waals surface area contributed by atoms with E-state index < -0.39 is 19.4 Å². The fourth-order valence-corrected chi connectivity index (χ4v) is 9.57. The number of rotatable bonds is 3. The zero-order valence-electron chi connectivity index (χ0n) is 15.9. The van der Waals surface area contributed by atoms with E-state index >= 15 is 0 Å². The van der Waals surface area contributed by atoms with Crippen molar-refractivity contribution in [2.75, 3.05) is 0 Å². The molecule has 0 heterocycles. The topological polar surface area (TPSA) is 0 Å². The number of allylic oxidation sites excluding steroid dienone is 1. The molecule has 3 aromatic rings. The van der Waals surface area contributed by atoms with Crippen molar-refractivity contribution in [2.24, 2.45) is 5.41 Å². The van der Waals surface area contributed by atoms with E-state index in [9.17, 15) is 0 Å². The molecular weight excluding hydrogens is 450 g/mol. The summed E-state index contributed by atoms with van der Waals surface area (Å²) < 4.78 is 0.264. The van der Waals surface area contributed by atoms with Crippen LogP contribution in [-0.2, 0) is 19.4 Å². The first-order valence-electron chi connectivity index (χ1n) is 9.34. The summed E-state index contributed by atoms with van der Waals surface area (Å²) in [7, 11) is 13.3. The Kier molecular flexibility index (Phi) is 5.41. The van der Waals surface area contributed by atoms with Crippen molar-refractivity contribution in [3.8, 4) is 11.1 Å². The Bertz CT molecular complexity index is 1020. The van der Waals surface area contributed by atoms with Crippen LogP contribution >= 0.6 is 17.0 Å². The predicted molar refractivity (Wildman–Crippen MR) is 116 cm³/mol. The minimum absolute atomic E-state index is 0.220. The summed E-state index contributed by atoms with van der Waals surface area (Å²) >= 11 is -2.50. The van der Waals surface area contributed by atoms with Crippen molar-refractivity contribution < 1.29 is 19.4 Å². The van der Waals surface area contributed by atoms with Gasteiger partial charge in [0.1, 0.15) is 0 Å². The van der Waals surface area contributed by atoms with E-state index in [2.05, 4.69) is 87.5 Å². The van der Waals surface area contributed by atoms with Gasteiger partial charge in [-0.1, -0.05) is 0 Å². The monoisotopic (exact) mass is 471 g/mol. The third-order valence-electron chi connectivity index (χ3n) is 5.18. The summed E-state index contributed by atoms with van der Waals surface area (Å²) in [6.07, 6.45) is 3.42. The van der Waals surface area contributed by atoms with Crippen LogP contribution in [0, 0.1) is 5.41 Å². The molecule has 1 atom stereocenters. The Morgan fingerprint density at radius 3 is 2.26 bits per heavy atom. The van der Waals surface area contributed by atoms with Crippen LogP contribution in [0.5, 0.6) is 0 Å². The molecule has 0 nitrogen and oxygen atoms in total. The van der Waals surface area contributed by atoms with Crippen LogP contribution in [0.2, 0.25) is 0 Å². The van der Waals surface area contributed by atoms with Crippen molar-refractivity contribution in [1.29, 1.82) is 0 Å². The van der Waals surface area contributed by atoms with Crippen molar-refractivity contribution in [3.63, 3.8) is 0 Å². The summed E-state index contributed by atoms with van der Waals surface area (Å²) in [5.41, 5.74) is 6.86. The van der Waals surface area contributed by atoms with Crippen molar-refractivity contribution in [2.45, 2.75) is 30.8 Å². The summed E-state index contributed by atoms with van der Waals surface area (Å²) in [5.74, 6) is 0. The zero-order chi connectivity index (χ0) is 19.2. The summed E-state index contributed by atoms with van der Waals surface area (Å²) in [6.45, 7) is 6.85. The first kappa shape index (κ1) is 19.4. The molecule has 0 N–H and O–H groups in total. The van der Waals surface area contributed by atoms with Crippen LogP contribution in [-0.4, -0.2) is 0 Å². The van der Waals surface area contributed by atoms with Crippen molar-refractivity contribution >= 4 is 33.9 Å². The van der Waals surface area contributed by atoms with E-state index in [1.165, 1.54) is 38.6 Å². The van der Waals surface area contributed by atoms with E-state index in [0.717, 1.165) is 6.42 Å². The number of hydrogen-bond donors (Lipinski definition) is 0. The van der Waals surface area contributed by atoms with Crippen LogP contribution < -0.4 is 0 Å². The van der Waals surface area contributed by atoms with Gasteiger partial charge in [0, 0.05) is 0 Å². The average Bonchev–Trinajstić information content (AvgIpc) is 2.97. The molecule has 0 amide bonds. The first-order chi connectivity index (χ1) is 12.8. The third-order valence-corrected chi connectivity index (χ3v) is 10.5. The fourth-order valence-electron chi connectivity index (χ4n) is 4.18. The summed E-state index contributed by atoms with van der Waals surface area (Å²) in [6, 6.07) is 21.8. The van der Waals surface area contributed by atoms with Gasteiger partial charge in [-0.3, -0.25) is 0 Å². The van der Waals surface area contributed by atoms with Crippen LogP contribution in [0.3, 0.4) is 0 Å². The first-order valence-corrected chi connectivity index (χ1v) is 17.1. The molecule has 1 aliphatic rings. The van der Waals surface area contributed by atoms with Gasteiger partial charge >= 0.3 is 178 Å². The third kappa shape index (κ3) is 3.84. The Morgan fingerprint density at radius 2 is 1.52 bits per heavy atom. The van der Waals surface area contributed by atoms with Gasteiger partial charge in [-0.15, -0.1) is 0 Å². The molecule has 3 aromatic carbocycles. The minimum atomic E-state index is -2.50. The molecule has 0 aromatic heterocycles. The molecule has 1 aliphatic carbocycles. The molecule has 0 spiro atoms. The molecule has 0 saturated carbocycles. The SMILES string of the molecule is CC(C)(C)CC1=Cc2c(-c3cccc4ccccc34)cccc2[CH]1[Zr]([Cl])[Cl]. The van der Waals surface area contributed by atoms with Crippen molar-refractivity contribution in [3.05, 3.63) is 77.4 Å². The second-order valence-corrected chi connectivity index (χ2v) is 17.3. The molecule has 0 aliphatic heterocycles. The second-order valence-electron chi connectivity index (χ2n) is 8.51. The Morgan fingerprint density at radius 1 is 0.852 bits per heavy atom. The average molecular weight is 474 g/mol. The van der Waals surface area contributed by atoms with Gasteiger partial charge in [0.25, 0.3) is 0 Å². The quantitative estimate of drug-likeness (QED) is 0.359. The molecule has 0 fully saturated rings. The van der Waals surface area contributed by atoms with Gasteiger partial charge in [-0.2, -0.15) is 0 Å². The fraction of sp³-hybridized carbons (Fsp3) is 0.250. The van der Waals surface area contributed by atoms with Gasteiger partial charge < -0.3 is 0 Å². The summed E-state index contributed by atoms with van der Waals surface area (Å²) in [4.78, 5) is 0. The molecule has 0 saturated heterocycles. The standard InChI is InChI=1S/C24H23.2ClH.Zr/c1-24(2,3)16-17-14-19-10-7-13-22(23(19)15-17)21-12-6-9-18-8-4-5-11-20(18)21;;;/h4-15H,16H2,1-3H3;2*1H;/q;;;+2/p-2. The Hall–Kier alpha value is -0.877. The number of fused-ring (bicyclic) bond motifs is 2. The molecule has 137 valence electrons. The van der Waals surface area contributed by atoms with Gasteiger partial charge in [-0.05, 0) is 0 Å². The van der Waals surface area contributed by atoms with E-state index in [0.29, 0.717) is 0 Å². The Labute approximate surface area is 177 Å².